The second-order valence-corrected chi connectivity index (χ2v) is 10.0. The Labute approximate surface area is 195 Å². The fourth-order valence-electron chi connectivity index (χ4n) is 3.85. The Hall–Kier alpha value is -0.610. The molecule has 0 fully saturated rings. The van der Waals surface area contributed by atoms with Crippen molar-refractivity contribution in [3.63, 3.8) is 0 Å². The van der Waals surface area contributed by atoms with Gasteiger partial charge < -0.3 is 14.0 Å². The van der Waals surface area contributed by atoms with Crippen molar-refractivity contribution in [1.29, 1.82) is 0 Å². The fraction of sp³-hybridized carbons (Fsp3) is 0.963. The van der Waals surface area contributed by atoms with Crippen LogP contribution in [0.15, 0.2) is 0 Å². The average Bonchev–Trinajstić information content (AvgIpc) is 2.73. The third-order valence-corrected chi connectivity index (χ3v) is 6.44. The van der Waals surface area contributed by atoms with Crippen molar-refractivity contribution in [1.82, 2.24) is 0 Å². The Balaban J connectivity index is 3.48. The minimum absolute atomic E-state index is 0.113. The van der Waals surface area contributed by atoms with Gasteiger partial charge in [0.1, 0.15) is 6.10 Å². The molecule has 0 radical (unpaired) electrons. The Bertz CT molecular complexity index is 398. The lowest BCUT2D eigenvalue weighted by Crippen LogP contribution is -2.42. The molecule has 186 valence electrons. The van der Waals surface area contributed by atoms with Gasteiger partial charge >= 0.3 is 5.97 Å². The Morgan fingerprint density at radius 3 is 1.61 bits per heavy atom. The van der Waals surface area contributed by atoms with E-state index in [9.17, 15) is 4.79 Å². The number of unbranched alkanes of at least 4 members (excludes halogenated alkanes) is 14. The first-order valence-corrected chi connectivity index (χ1v) is 13.5. The number of quaternary nitrogens is 1. The van der Waals surface area contributed by atoms with E-state index in [0.29, 0.717) is 6.61 Å². The summed E-state index contributed by atoms with van der Waals surface area (Å²) in [5.41, 5.74) is 0. The van der Waals surface area contributed by atoms with Crippen molar-refractivity contribution in [2.75, 3.05) is 40.4 Å². The van der Waals surface area contributed by atoms with E-state index >= 15 is 0 Å². The molecular formula is C27H56NO3+. The number of rotatable bonds is 23. The molecule has 0 saturated heterocycles. The van der Waals surface area contributed by atoms with Gasteiger partial charge in [0, 0.05) is 20.0 Å². The van der Waals surface area contributed by atoms with Crippen LogP contribution in [-0.2, 0) is 14.3 Å². The molecule has 1 unspecified atom stereocenters. The molecule has 0 bridgehead atoms. The van der Waals surface area contributed by atoms with Crippen LogP contribution in [0.4, 0.5) is 0 Å². The van der Waals surface area contributed by atoms with Crippen molar-refractivity contribution in [3.8, 4) is 0 Å². The zero-order valence-electron chi connectivity index (χ0n) is 21.9. The number of hydrogen-bond acceptors (Lipinski definition) is 3. The summed E-state index contributed by atoms with van der Waals surface area (Å²) in [7, 11) is 4.42. The van der Waals surface area contributed by atoms with Crippen molar-refractivity contribution < 1.29 is 18.8 Å². The summed E-state index contributed by atoms with van der Waals surface area (Å²) in [6.45, 7) is 9.34. The van der Waals surface area contributed by atoms with Gasteiger partial charge in [0.05, 0.1) is 33.8 Å². The summed E-state index contributed by atoms with van der Waals surface area (Å²) in [5.74, 6) is -0.206. The zero-order chi connectivity index (χ0) is 23.2. The number of carbonyl (C=O) groups excluding carboxylic acids is 1. The Morgan fingerprint density at radius 1 is 0.742 bits per heavy atom. The molecule has 4 nitrogen and oxygen atoms in total. The Kier molecular flexibility index (Phi) is 20.8. The molecule has 0 spiro atoms. The van der Waals surface area contributed by atoms with Crippen molar-refractivity contribution in [2.24, 2.45) is 0 Å². The molecule has 0 heterocycles. The highest BCUT2D eigenvalue weighted by Gasteiger charge is 2.19. The van der Waals surface area contributed by atoms with E-state index in [1.54, 1.807) is 0 Å². The van der Waals surface area contributed by atoms with Crippen LogP contribution in [0.3, 0.4) is 0 Å². The Morgan fingerprint density at radius 2 is 1.19 bits per heavy atom. The van der Waals surface area contributed by atoms with Crippen molar-refractivity contribution in [2.45, 2.75) is 130 Å². The lowest BCUT2D eigenvalue weighted by Gasteiger charge is -2.29. The van der Waals surface area contributed by atoms with Gasteiger partial charge in [0.15, 0.2) is 0 Å². The van der Waals surface area contributed by atoms with Crippen LogP contribution in [0.2, 0.25) is 0 Å². The molecule has 0 aromatic heterocycles. The van der Waals surface area contributed by atoms with Crippen LogP contribution in [0.5, 0.6) is 0 Å². The maximum Gasteiger partial charge on any atom is 0.302 e. The quantitative estimate of drug-likeness (QED) is 0.0946. The molecular weight excluding hydrogens is 386 g/mol. The summed E-state index contributed by atoms with van der Waals surface area (Å²) in [6.07, 6.45) is 21.4. The average molecular weight is 443 g/mol. The summed E-state index contributed by atoms with van der Waals surface area (Å²) in [4.78, 5) is 11.3. The van der Waals surface area contributed by atoms with E-state index in [1.807, 2.05) is 0 Å². The van der Waals surface area contributed by atoms with Gasteiger partial charge in [-0.25, -0.2) is 0 Å². The van der Waals surface area contributed by atoms with Gasteiger partial charge in [-0.05, 0) is 13.3 Å². The minimum atomic E-state index is -0.206. The standard InChI is InChI=1S/C27H56NO3/c1-6-8-9-10-11-12-13-14-15-16-17-18-19-20-21-24-30-25-27(31-26(3)29)22-23-28(4,5)7-2/h27H,6-25H2,1-5H3/q+1. The van der Waals surface area contributed by atoms with Crippen LogP contribution in [0, 0.1) is 0 Å². The lowest BCUT2D eigenvalue weighted by molar-refractivity contribution is -0.889. The van der Waals surface area contributed by atoms with E-state index in [-0.39, 0.29) is 12.1 Å². The van der Waals surface area contributed by atoms with E-state index in [2.05, 4.69) is 27.9 Å². The molecule has 0 rings (SSSR count). The summed E-state index contributed by atoms with van der Waals surface area (Å²) < 4.78 is 12.2. The predicted molar refractivity (Wildman–Crippen MR) is 133 cm³/mol. The number of ether oxygens (including phenoxy) is 2. The smallest absolute Gasteiger partial charge is 0.302 e. The van der Waals surface area contributed by atoms with Crippen LogP contribution in [0.1, 0.15) is 124 Å². The lowest BCUT2D eigenvalue weighted by atomic mass is 10.0. The molecule has 4 heteroatoms. The highest BCUT2D eigenvalue weighted by molar-refractivity contribution is 5.66. The SMILES string of the molecule is CCCCCCCCCCCCCCCCCOCC(CC[N+](C)(C)CC)OC(C)=O. The molecule has 0 amide bonds. The topological polar surface area (TPSA) is 35.5 Å². The first-order chi connectivity index (χ1) is 14.9. The van der Waals surface area contributed by atoms with Crippen LogP contribution in [0.25, 0.3) is 0 Å². The third kappa shape index (κ3) is 22.4. The largest absolute Gasteiger partial charge is 0.460 e. The first kappa shape index (κ1) is 30.4. The summed E-state index contributed by atoms with van der Waals surface area (Å²) in [6, 6.07) is 0. The maximum atomic E-state index is 11.3. The van der Waals surface area contributed by atoms with Crippen LogP contribution >= 0.6 is 0 Å². The van der Waals surface area contributed by atoms with Gasteiger partial charge in [0.2, 0.25) is 0 Å². The molecule has 0 aliphatic heterocycles. The van der Waals surface area contributed by atoms with Crippen LogP contribution in [-0.4, -0.2) is 57.0 Å². The van der Waals surface area contributed by atoms with Gasteiger partial charge in [-0.1, -0.05) is 96.8 Å². The molecule has 0 aliphatic rings. The van der Waals surface area contributed by atoms with Gasteiger partial charge in [-0.15, -0.1) is 0 Å². The molecule has 1 atom stereocenters. The molecule has 0 saturated carbocycles. The normalized spacial score (nSPS) is 12.8. The number of esters is 1. The number of carbonyl (C=O) groups is 1. The number of nitrogens with zero attached hydrogens (tertiary/aromatic N) is 1. The van der Waals surface area contributed by atoms with Gasteiger partial charge in [-0.2, -0.15) is 0 Å². The van der Waals surface area contributed by atoms with E-state index in [1.165, 1.54) is 96.8 Å². The zero-order valence-corrected chi connectivity index (χ0v) is 21.9. The van der Waals surface area contributed by atoms with Gasteiger partial charge in [0.25, 0.3) is 0 Å². The molecule has 0 aromatic rings. The van der Waals surface area contributed by atoms with Crippen molar-refractivity contribution in [3.05, 3.63) is 0 Å². The monoisotopic (exact) mass is 442 g/mol. The number of hydrogen-bond donors (Lipinski definition) is 0. The second kappa shape index (κ2) is 21.2. The predicted octanol–water partition coefficient (Wildman–Crippen LogP) is 7.29. The van der Waals surface area contributed by atoms with E-state index < -0.39 is 0 Å². The maximum absolute atomic E-state index is 11.3. The third-order valence-electron chi connectivity index (χ3n) is 6.44. The summed E-state index contributed by atoms with van der Waals surface area (Å²) in [5, 5.41) is 0. The second-order valence-electron chi connectivity index (χ2n) is 10.0. The molecule has 31 heavy (non-hydrogen) atoms. The van der Waals surface area contributed by atoms with Gasteiger partial charge in [-0.3, -0.25) is 4.79 Å². The van der Waals surface area contributed by atoms with E-state index in [4.69, 9.17) is 9.47 Å². The van der Waals surface area contributed by atoms with Crippen molar-refractivity contribution >= 4 is 5.97 Å². The minimum Gasteiger partial charge on any atom is -0.460 e. The summed E-state index contributed by atoms with van der Waals surface area (Å²) >= 11 is 0. The molecule has 0 aliphatic carbocycles. The fourth-order valence-corrected chi connectivity index (χ4v) is 3.85. The molecule has 0 aromatic carbocycles. The highest BCUT2D eigenvalue weighted by atomic mass is 16.6. The molecule has 0 N–H and O–H groups in total. The van der Waals surface area contributed by atoms with Crippen LogP contribution < -0.4 is 0 Å². The van der Waals surface area contributed by atoms with E-state index in [0.717, 1.165) is 37.0 Å². The highest BCUT2D eigenvalue weighted by Crippen LogP contribution is 2.13. The first-order valence-electron chi connectivity index (χ1n) is 13.5.